The van der Waals surface area contributed by atoms with Gasteiger partial charge in [0, 0.05) is 6.54 Å². The fraction of sp³-hybridized carbons (Fsp3) is 0.875. The van der Waals surface area contributed by atoms with Gasteiger partial charge in [0.1, 0.15) is 0 Å². The molecule has 61 valence electrons. The monoisotopic (exact) mass is 144 g/mol. The van der Waals surface area contributed by atoms with E-state index in [9.17, 15) is 5.11 Å². The van der Waals surface area contributed by atoms with Crippen LogP contribution in [0.1, 0.15) is 26.2 Å². The highest BCUT2D eigenvalue weighted by molar-refractivity contribution is 4.58. The van der Waals surface area contributed by atoms with Crippen molar-refractivity contribution < 1.29 is 5.11 Å². The summed E-state index contributed by atoms with van der Waals surface area (Å²) in [7, 11) is 0. The summed E-state index contributed by atoms with van der Waals surface area (Å²) < 4.78 is 0. The lowest BCUT2D eigenvalue weighted by atomic mass is 10.1. The number of nitrogens with one attached hydrogen (secondary N) is 1. The Kier molecular flexibility index (Phi) is 6.98. The fourth-order valence-corrected chi connectivity index (χ4v) is 0.793. The molecule has 1 unspecified atom stereocenters. The maximum absolute atomic E-state index is 9.22. The van der Waals surface area contributed by atoms with Crippen molar-refractivity contribution in [2.24, 2.45) is 0 Å². The molecule has 0 aromatic carbocycles. The van der Waals surface area contributed by atoms with E-state index >= 15 is 0 Å². The lowest BCUT2D eigenvalue weighted by Gasteiger charge is -2.08. The van der Waals surface area contributed by atoms with Crippen LogP contribution in [0, 0.1) is 6.92 Å². The quantitative estimate of drug-likeness (QED) is 0.582. The zero-order chi connectivity index (χ0) is 7.82. The third kappa shape index (κ3) is 6.05. The minimum atomic E-state index is -0.179. The SMILES string of the molecule is [CH2]CCCC(O)CNCC. The molecule has 0 fully saturated rings. The molecule has 0 aliphatic heterocycles. The first-order chi connectivity index (χ1) is 4.81. The van der Waals surface area contributed by atoms with Crippen molar-refractivity contribution in [2.75, 3.05) is 13.1 Å². The van der Waals surface area contributed by atoms with Gasteiger partial charge in [0.25, 0.3) is 0 Å². The predicted octanol–water partition coefficient (Wildman–Crippen LogP) is 0.961. The second-order valence-corrected chi connectivity index (χ2v) is 2.46. The van der Waals surface area contributed by atoms with Gasteiger partial charge in [-0.2, -0.15) is 0 Å². The Morgan fingerprint density at radius 3 is 2.80 bits per heavy atom. The summed E-state index contributed by atoms with van der Waals surface area (Å²) in [6.07, 6.45) is 2.63. The van der Waals surface area contributed by atoms with Gasteiger partial charge >= 0.3 is 0 Å². The Morgan fingerprint density at radius 1 is 1.60 bits per heavy atom. The van der Waals surface area contributed by atoms with Gasteiger partial charge in [-0.05, 0) is 13.0 Å². The highest BCUT2D eigenvalue weighted by Gasteiger charge is 2.00. The third-order valence-corrected chi connectivity index (χ3v) is 1.42. The van der Waals surface area contributed by atoms with Gasteiger partial charge < -0.3 is 10.4 Å². The lowest BCUT2D eigenvalue weighted by molar-refractivity contribution is 0.160. The minimum absolute atomic E-state index is 0.179. The van der Waals surface area contributed by atoms with Crippen molar-refractivity contribution in [1.29, 1.82) is 0 Å². The Balaban J connectivity index is 3.00. The number of likely N-dealkylation sites (N-methyl/N-ethyl adjacent to an activating group) is 1. The molecule has 0 aromatic heterocycles. The van der Waals surface area contributed by atoms with Crippen LogP contribution in [0.15, 0.2) is 0 Å². The van der Waals surface area contributed by atoms with Gasteiger partial charge in [-0.1, -0.05) is 26.7 Å². The van der Waals surface area contributed by atoms with Gasteiger partial charge in [0.15, 0.2) is 0 Å². The molecular formula is C8H18NO. The van der Waals surface area contributed by atoms with Crippen LogP contribution in [0.25, 0.3) is 0 Å². The molecule has 10 heavy (non-hydrogen) atoms. The number of hydrogen-bond donors (Lipinski definition) is 2. The number of aliphatic hydroxyl groups excluding tert-OH is 1. The van der Waals surface area contributed by atoms with Gasteiger partial charge in [-0.3, -0.25) is 0 Å². The van der Waals surface area contributed by atoms with E-state index in [1.54, 1.807) is 0 Å². The molecule has 0 aliphatic rings. The van der Waals surface area contributed by atoms with Gasteiger partial charge in [-0.15, -0.1) is 0 Å². The third-order valence-electron chi connectivity index (χ3n) is 1.42. The van der Waals surface area contributed by atoms with Crippen molar-refractivity contribution in [2.45, 2.75) is 32.3 Å². The lowest BCUT2D eigenvalue weighted by Crippen LogP contribution is -2.26. The van der Waals surface area contributed by atoms with Crippen LogP contribution in [-0.4, -0.2) is 24.3 Å². The van der Waals surface area contributed by atoms with E-state index in [1.807, 2.05) is 6.92 Å². The van der Waals surface area contributed by atoms with Crippen molar-refractivity contribution in [3.05, 3.63) is 6.92 Å². The average molecular weight is 144 g/mol. The van der Waals surface area contributed by atoms with Crippen LogP contribution in [0.5, 0.6) is 0 Å². The van der Waals surface area contributed by atoms with Crippen molar-refractivity contribution in [3.8, 4) is 0 Å². The highest BCUT2D eigenvalue weighted by Crippen LogP contribution is 1.97. The smallest absolute Gasteiger partial charge is 0.0664 e. The first kappa shape index (κ1) is 9.92. The molecule has 2 nitrogen and oxygen atoms in total. The van der Waals surface area contributed by atoms with Gasteiger partial charge in [0.2, 0.25) is 0 Å². The van der Waals surface area contributed by atoms with Crippen LogP contribution in [0.3, 0.4) is 0 Å². The first-order valence-electron chi connectivity index (χ1n) is 3.99. The largest absolute Gasteiger partial charge is 0.392 e. The molecule has 1 atom stereocenters. The van der Waals surface area contributed by atoms with Crippen LogP contribution >= 0.6 is 0 Å². The summed E-state index contributed by atoms with van der Waals surface area (Å²) in [6.45, 7) is 7.39. The zero-order valence-corrected chi connectivity index (χ0v) is 6.77. The molecule has 0 spiro atoms. The maximum Gasteiger partial charge on any atom is 0.0664 e. The topological polar surface area (TPSA) is 32.3 Å². The molecule has 0 heterocycles. The molecule has 0 rings (SSSR count). The van der Waals surface area contributed by atoms with Crippen LogP contribution < -0.4 is 5.32 Å². The standard InChI is InChI=1S/C8H18NO/c1-3-5-6-8(10)7-9-4-2/h8-10H,1,3-7H2,2H3. The summed E-state index contributed by atoms with van der Waals surface area (Å²) >= 11 is 0. The summed E-state index contributed by atoms with van der Waals surface area (Å²) in [5, 5.41) is 12.3. The average Bonchev–Trinajstić information content (AvgIpc) is 1.97. The summed E-state index contributed by atoms with van der Waals surface area (Å²) in [5.74, 6) is 0. The Morgan fingerprint density at radius 2 is 2.30 bits per heavy atom. The number of rotatable bonds is 6. The molecule has 0 aliphatic carbocycles. The van der Waals surface area contributed by atoms with E-state index in [2.05, 4.69) is 12.2 Å². The highest BCUT2D eigenvalue weighted by atomic mass is 16.3. The van der Waals surface area contributed by atoms with Crippen LogP contribution in [-0.2, 0) is 0 Å². The van der Waals surface area contributed by atoms with Crippen LogP contribution in [0.2, 0.25) is 0 Å². The summed E-state index contributed by atoms with van der Waals surface area (Å²) in [5.41, 5.74) is 0. The Bertz CT molecular complexity index is 58.3. The van der Waals surface area contributed by atoms with E-state index in [1.165, 1.54) is 0 Å². The van der Waals surface area contributed by atoms with Crippen molar-refractivity contribution in [1.82, 2.24) is 5.32 Å². The van der Waals surface area contributed by atoms with Crippen molar-refractivity contribution in [3.63, 3.8) is 0 Å². The molecule has 0 saturated carbocycles. The minimum Gasteiger partial charge on any atom is -0.392 e. The Hall–Kier alpha value is -0.0800. The molecule has 0 bridgehead atoms. The number of unbranched alkanes of at least 4 members (excludes halogenated alkanes) is 1. The maximum atomic E-state index is 9.22. The van der Waals surface area contributed by atoms with Crippen LogP contribution in [0.4, 0.5) is 0 Å². The molecule has 1 radical (unpaired) electrons. The van der Waals surface area contributed by atoms with E-state index in [-0.39, 0.29) is 6.10 Å². The fourth-order valence-electron chi connectivity index (χ4n) is 0.793. The molecule has 2 N–H and O–H groups in total. The zero-order valence-electron chi connectivity index (χ0n) is 6.77. The number of aliphatic hydroxyl groups is 1. The molecule has 0 saturated heterocycles. The normalized spacial score (nSPS) is 13.5. The van der Waals surface area contributed by atoms with E-state index in [4.69, 9.17) is 0 Å². The van der Waals surface area contributed by atoms with Gasteiger partial charge in [0.05, 0.1) is 6.10 Å². The van der Waals surface area contributed by atoms with Crippen molar-refractivity contribution >= 4 is 0 Å². The first-order valence-corrected chi connectivity index (χ1v) is 3.99. The molecule has 0 aromatic rings. The van der Waals surface area contributed by atoms with Gasteiger partial charge in [-0.25, -0.2) is 0 Å². The predicted molar refractivity (Wildman–Crippen MR) is 43.8 cm³/mol. The van der Waals surface area contributed by atoms with E-state index < -0.39 is 0 Å². The second kappa shape index (κ2) is 7.03. The molecular weight excluding hydrogens is 126 g/mol. The Labute approximate surface area is 63.6 Å². The molecule has 0 amide bonds. The second-order valence-electron chi connectivity index (χ2n) is 2.46. The van der Waals surface area contributed by atoms with E-state index in [0.29, 0.717) is 0 Å². The summed E-state index contributed by atoms with van der Waals surface area (Å²) in [4.78, 5) is 0. The van der Waals surface area contributed by atoms with E-state index in [0.717, 1.165) is 32.4 Å². The summed E-state index contributed by atoms with van der Waals surface area (Å²) in [6, 6.07) is 0. The molecule has 2 heteroatoms. The number of hydrogen-bond acceptors (Lipinski definition) is 2.